The zero-order chi connectivity index (χ0) is 19.1. The normalized spacial score (nSPS) is 22.5. The molecule has 2 fully saturated rings. The lowest BCUT2D eigenvalue weighted by molar-refractivity contribution is -0.114. The number of piperidine rings is 1. The van der Waals surface area contributed by atoms with Crippen molar-refractivity contribution in [1.29, 1.82) is 0 Å². The first-order chi connectivity index (χ1) is 12.2. The van der Waals surface area contributed by atoms with Crippen molar-refractivity contribution in [3.05, 3.63) is 5.69 Å². The second kappa shape index (κ2) is 7.12. The maximum absolute atomic E-state index is 12.9. The van der Waals surface area contributed by atoms with Crippen LogP contribution in [0.5, 0.6) is 0 Å². The third-order valence-corrected chi connectivity index (χ3v) is 8.02. The first kappa shape index (κ1) is 19.1. The van der Waals surface area contributed by atoms with E-state index in [9.17, 15) is 18.0 Å². The van der Waals surface area contributed by atoms with E-state index in [1.165, 1.54) is 11.2 Å². The average molecular weight is 402 g/mol. The van der Waals surface area contributed by atoms with Gasteiger partial charge in [-0.2, -0.15) is 4.31 Å². The van der Waals surface area contributed by atoms with Crippen LogP contribution in [-0.2, 0) is 19.6 Å². The Hall–Kier alpha value is -1.72. The molecule has 3 heterocycles. The number of carbonyl (C=O) groups excluding carboxylic acids is 2. The number of sulfonamides is 1. The van der Waals surface area contributed by atoms with Gasteiger partial charge in [0.15, 0.2) is 9.34 Å². The van der Waals surface area contributed by atoms with Gasteiger partial charge in [0.1, 0.15) is 6.10 Å². The largest absolute Gasteiger partial charge is 0.444 e. The van der Waals surface area contributed by atoms with Crippen molar-refractivity contribution in [3.63, 3.8) is 0 Å². The zero-order valence-electron chi connectivity index (χ0n) is 14.9. The highest BCUT2D eigenvalue weighted by molar-refractivity contribution is 7.91. The average Bonchev–Trinajstić information content (AvgIpc) is 3.09. The Morgan fingerprint density at radius 2 is 2.00 bits per heavy atom. The molecular weight excluding hydrogens is 380 g/mol. The Kier molecular flexibility index (Phi) is 5.22. The summed E-state index contributed by atoms with van der Waals surface area (Å²) >= 11 is 0.958. The van der Waals surface area contributed by atoms with Crippen LogP contribution < -0.4 is 5.32 Å². The van der Waals surface area contributed by atoms with Crippen molar-refractivity contribution < 1.29 is 22.7 Å². The van der Waals surface area contributed by atoms with Crippen molar-refractivity contribution in [1.82, 2.24) is 14.2 Å². The van der Waals surface area contributed by atoms with Crippen LogP contribution in [0.3, 0.4) is 0 Å². The topological polar surface area (TPSA) is 109 Å². The van der Waals surface area contributed by atoms with Crippen molar-refractivity contribution >= 4 is 38.5 Å². The maximum Gasteiger partial charge on any atom is 0.410 e. The Labute approximate surface area is 156 Å². The summed E-state index contributed by atoms with van der Waals surface area (Å²) in [5.41, 5.74) is 0.373. The number of carbonyl (C=O) groups is 2. The molecule has 2 amide bonds. The lowest BCUT2D eigenvalue weighted by atomic mass is 10.1. The maximum atomic E-state index is 12.9. The highest BCUT2D eigenvalue weighted by Crippen LogP contribution is 2.32. The summed E-state index contributed by atoms with van der Waals surface area (Å²) in [6.07, 6.45) is 0.683. The van der Waals surface area contributed by atoms with Crippen LogP contribution in [0, 0.1) is 6.92 Å². The second-order valence-electron chi connectivity index (χ2n) is 6.56. The molecule has 1 N–H and O–H groups in total. The smallest absolute Gasteiger partial charge is 0.410 e. The third kappa shape index (κ3) is 3.69. The quantitative estimate of drug-likeness (QED) is 0.815. The molecule has 144 valence electrons. The van der Waals surface area contributed by atoms with Gasteiger partial charge < -0.3 is 15.0 Å². The molecule has 9 nitrogen and oxygen atoms in total. The molecule has 1 unspecified atom stereocenters. The summed E-state index contributed by atoms with van der Waals surface area (Å²) in [4.78, 5) is 28.8. The molecule has 1 aromatic rings. The molecule has 26 heavy (non-hydrogen) atoms. The van der Waals surface area contributed by atoms with Crippen LogP contribution in [0.2, 0.25) is 0 Å². The minimum absolute atomic E-state index is 0.00334. The molecule has 2 aliphatic rings. The Balaban J connectivity index is 1.69. The number of nitrogens with one attached hydrogen (secondary N) is 1. The number of ether oxygens (including phenoxy) is 1. The second-order valence-corrected chi connectivity index (χ2v) is 9.69. The Morgan fingerprint density at radius 3 is 2.54 bits per heavy atom. The SMILES string of the molecule is CC(=O)Nc1nc(C)c(S(=O)(=O)N2CCC(N3CC(C)OC3=O)CC2)s1. The molecule has 0 saturated carbocycles. The number of rotatable bonds is 4. The van der Waals surface area contributed by atoms with Gasteiger partial charge in [0.2, 0.25) is 5.91 Å². The number of cyclic esters (lactones) is 1. The number of hydrogen-bond acceptors (Lipinski definition) is 7. The molecule has 2 aliphatic heterocycles. The lowest BCUT2D eigenvalue weighted by Gasteiger charge is -2.34. The summed E-state index contributed by atoms with van der Waals surface area (Å²) in [7, 11) is -3.68. The standard InChI is InChI=1S/C15H22N4O5S2/c1-9-8-19(15(21)24-9)12-4-6-18(7-5-12)26(22,23)13-10(2)16-14(25-13)17-11(3)20/h9,12H,4-8H2,1-3H3,(H,16,17,20). The predicted octanol–water partition coefficient (Wildman–Crippen LogP) is 1.40. The van der Waals surface area contributed by atoms with E-state index in [0.29, 0.717) is 38.2 Å². The molecule has 2 saturated heterocycles. The van der Waals surface area contributed by atoms with Crippen LogP contribution >= 0.6 is 11.3 Å². The van der Waals surface area contributed by atoms with Gasteiger partial charge in [0, 0.05) is 26.1 Å². The van der Waals surface area contributed by atoms with E-state index in [1.54, 1.807) is 11.8 Å². The minimum Gasteiger partial charge on any atom is -0.444 e. The van der Waals surface area contributed by atoms with Gasteiger partial charge in [-0.3, -0.25) is 4.79 Å². The van der Waals surface area contributed by atoms with Crippen LogP contribution in [0.25, 0.3) is 0 Å². The minimum atomic E-state index is -3.68. The van der Waals surface area contributed by atoms with Gasteiger partial charge in [-0.1, -0.05) is 11.3 Å². The van der Waals surface area contributed by atoms with Gasteiger partial charge in [-0.25, -0.2) is 18.2 Å². The van der Waals surface area contributed by atoms with E-state index >= 15 is 0 Å². The van der Waals surface area contributed by atoms with E-state index in [1.807, 2.05) is 6.92 Å². The van der Waals surface area contributed by atoms with Crippen LogP contribution in [0.1, 0.15) is 32.4 Å². The fourth-order valence-corrected chi connectivity index (χ4v) is 6.33. The molecule has 0 spiro atoms. The molecule has 1 aromatic heterocycles. The molecule has 11 heteroatoms. The highest BCUT2D eigenvalue weighted by Gasteiger charge is 2.38. The van der Waals surface area contributed by atoms with Crippen molar-refractivity contribution in [3.8, 4) is 0 Å². The lowest BCUT2D eigenvalue weighted by Crippen LogP contribution is -2.47. The fraction of sp³-hybridized carbons (Fsp3) is 0.667. The van der Waals surface area contributed by atoms with Crippen molar-refractivity contribution in [2.45, 2.75) is 50.0 Å². The summed E-state index contributed by atoms with van der Waals surface area (Å²) in [6.45, 7) is 6.01. The predicted molar refractivity (Wildman–Crippen MR) is 95.6 cm³/mol. The van der Waals surface area contributed by atoms with Crippen molar-refractivity contribution in [2.24, 2.45) is 0 Å². The summed E-state index contributed by atoms with van der Waals surface area (Å²) in [5.74, 6) is -0.296. The summed E-state index contributed by atoms with van der Waals surface area (Å²) < 4.78 is 32.6. The van der Waals surface area contributed by atoms with Crippen LogP contribution in [0.15, 0.2) is 4.21 Å². The van der Waals surface area contributed by atoms with Crippen LogP contribution in [0.4, 0.5) is 9.93 Å². The monoisotopic (exact) mass is 402 g/mol. The van der Waals surface area contributed by atoms with Gasteiger partial charge in [0.25, 0.3) is 10.0 Å². The molecule has 0 radical (unpaired) electrons. The summed E-state index contributed by atoms with van der Waals surface area (Å²) in [5, 5.41) is 2.80. The molecular formula is C15H22N4O5S2. The number of anilines is 1. The number of hydrogen-bond donors (Lipinski definition) is 1. The first-order valence-corrected chi connectivity index (χ1v) is 10.7. The van der Waals surface area contributed by atoms with E-state index in [0.717, 1.165) is 11.3 Å². The fourth-order valence-electron chi connectivity index (χ4n) is 3.26. The van der Waals surface area contributed by atoms with E-state index < -0.39 is 10.0 Å². The van der Waals surface area contributed by atoms with Crippen molar-refractivity contribution in [2.75, 3.05) is 25.0 Å². The Morgan fingerprint density at radius 1 is 1.35 bits per heavy atom. The molecule has 0 aliphatic carbocycles. The van der Waals surface area contributed by atoms with E-state index in [4.69, 9.17) is 4.74 Å². The third-order valence-electron chi connectivity index (χ3n) is 4.47. The molecule has 0 aromatic carbocycles. The number of aryl methyl sites for hydroxylation is 1. The van der Waals surface area contributed by atoms with E-state index in [-0.39, 0.29) is 33.5 Å². The van der Waals surface area contributed by atoms with Gasteiger partial charge in [-0.05, 0) is 26.7 Å². The van der Waals surface area contributed by atoms with E-state index in [2.05, 4.69) is 10.3 Å². The van der Waals surface area contributed by atoms with Crippen LogP contribution in [-0.4, -0.2) is 66.4 Å². The van der Waals surface area contributed by atoms with Gasteiger partial charge in [0.05, 0.1) is 12.2 Å². The molecule has 1 atom stereocenters. The first-order valence-electron chi connectivity index (χ1n) is 8.41. The summed E-state index contributed by atoms with van der Waals surface area (Å²) in [6, 6.07) is -0.00334. The van der Waals surface area contributed by atoms with Gasteiger partial charge in [-0.15, -0.1) is 0 Å². The Bertz CT molecular complexity index is 814. The number of amides is 2. The zero-order valence-corrected chi connectivity index (χ0v) is 16.5. The number of thiazole rings is 1. The number of nitrogens with zero attached hydrogens (tertiary/aromatic N) is 3. The highest BCUT2D eigenvalue weighted by atomic mass is 32.2. The molecule has 0 bridgehead atoms. The number of aromatic nitrogens is 1. The van der Waals surface area contributed by atoms with Gasteiger partial charge >= 0.3 is 6.09 Å². The molecule has 3 rings (SSSR count).